The molecule has 23 heavy (non-hydrogen) atoms. The Morgan fingerprint density at radius 3 is 2.57 bits per heavy atom. The van der Waals surface area contributed by atoms with Gasteiger partial charge in [0.05, 0.1) is 31.6 Å². The molecule has 2 rings (SSSR count). The van der Waals surface area contributed by atoms with Crippen LogP contribution in [0.4, 0.5) is 0 Å². The summed E-state index contributed by atoms with van der Waals surface area (Å²) in [5, 5.41) is 12.7. The zero-order chi connectivity index (χ0) is 16.5. The molecule has 0 aliphatic heterocycles. The molecule has 5 nitrogen and oxygen atoms in total. The highest BCUT2D eigenvalue weighted by Crippen LogP contribution is 2.27. The molecule has 2 aromatic rings. The van der Waals surface area contributed by atoms with E-state index in [0.717, 1.165) is 11.1 Å². The Balaban J connectivity index is 1.93. The van der Waals surface area contributed by atoms with Crippen LogP contribution in [0, 0.1) is 11.3 Å². The lowest BCUT2D eigenvalue weighted by Crippen LogP contribution is -1.96. The summed E-state index contributed by atoms with van der Waals surface area (Å²) in [4.78, 5) is 5.26. The van der Waals surface area contributed by atoms with Gasteiger partial charge in [-0.3, -0.25) is 0 Å². The molecule has 0 spiro atoms. The second-order valence-electron chi connectivity index (χ2n) is 4.66. The first kappa shape index (κ1) is 16.4. The van der Waals surface area contributed by atoms with E-state index >= 15 is 0 Å². The van der Waals surface area contributed by atoms with Crippen LogP contribution in [0.3, 0.4) is 0 Å². The van der Waals surface area contributed by atoms with Crippen LogP contribution in [-0.2, 0) is 11.4 Å². The summed E-state index contributed by atoms with van der Waals surface area (Å²) in [5.41, 5.74) is 2.43. The van der Waals surface area contributed by atoms with Gasteiger partial charge in [-0.25, -0.2) is 0 Å². The van der Waals surface area contributed by atoms with E-state index in [1.807, 2.05) is 37.3 Å². The number of benzene rings is 2. The Hall–Kier alpha value is -3.00. The molecule has 0 amide bonds. The third-order valence-corrected chi connectivity index (χ3v) is 3.08. The molecule has 0 atom stereocenters. The number of hydrogen-bond acceptors (Lipinski definition) is 5. The van der Waals surface area contributed by atoms with Crippen molar-refractivity contribution in [2.24, 2.45) is 5.16 Å². The van der Waals surface area contributed by atoms with E-state index in [9.17, 15) is 0 Å². The number of nitriles is 1. The number of nitrogens with zero attached hydrogens (tertiary/aromatic N) is 2. The highest BCUT2D eigenvalue weighted by atomic mass is 16.6. The summed E-state index contributed by atoms with van der Waals surface area (Å²) in [5.74, 6) is 1.36. The van der Waals surface area contributed by atoms with E-state index in [1.54, 1.807) is 25.5 Å². The van der Waals surface area contributed by atoms with Crippen molar-refractivity contribution < 1.29 is 14.3 Å². The fraction of sp³-hybridized carbons (Fsp3) is 0.222. The zero-order valence-corrected chi connectivity index (χ0v) is 13.2. The second kappa shape index (κ2) is 8.44. The normalized spacial score (nSPS) is 10.3. The van der Waals surface area contributed by atoms with Crippen molar-refractivity contribution in [3.05, 3.63) is 59.2 Å². The average Bonchev–Trinajstić information content (AvgIpc) is 2.60. The summed E-state index contributed by atoms with van der Waals surface area (Å²) in [6.45, 7) is 2.85. The van der Waals surface area contributed by atoms with Crippen LogP contribution in [0.1, 0.15) is 23.6 Å². The molecule has 0 saturated heterocycles. The highest BCUT2D eigenvalue weighted by Gasteiger charge is 2.04. The molecule has 2 aromatic carbocycles. The molecule has 0 heterocycles. The van der Waals surface area contributed by atoms with Gasteiger partial charge in [0.2, 0.25) is 0 Å². The lowest BCUT2D eigenvalue weighted by Gasteiger charge is -2.09. The van der Waals surface area contributed by atoms with Crippen molar-refractivity contribution in [2.45, 2.75) is 13.5 Å². The Morgan fingerprint density at radius 1 is 1.13 bits per heavy atom. The Labute approximate surface area is 135 Å². The summed E-state index contributed by atoms with van der Waals surface area (Å²) < 4.78 is 10.7. The van der Waals surface area contributed by atoms with Gasteiger partial charge in [-0.15, -0.1) is 0 Å². The van der Waals surface area contributed by atoms with Gasteiger partial charge in [0, 0.05) is 5.56 Å². The highest BCUT2D eigenvalue weighted by molar-refractivity contribution is 5.80. The summed E-state index contributed by atoms with van der Waals surface area (Å²) >= 11 is 0. The molecular weight excluding hydrogens is 292 g/mol. The molecule has 0 saturated carbocycles. The maximum atomic E-state index is 8.74. The van der Waals surface area contributed by atoms with Crippen LogP contribution >= 0.6 is 0 Å². The quantitative estimate of drug-likeness (QED) is 0.580. The first-order valence-corrected chi connectivity index (χ1v) is 7.22. The molecule has 0 radical (unpaired) electrons. The van der Waals surface area contributed by atoms with Gasteiger partial charge >= 0.3 is 0 Å². The van der Waals surface area contributed by atoms with Crippen LogP contribution in [0.2, 0.25) is 0 Å². The van der Waals surface area contributed by atoms with Gasteiger partial charge < -0.3 is 14.3 Å². The third kappa shape index (κ3) is 4.75. The monoisotopic (exact) mass is 310 g/mol. The number of hydrogen-bond donors (Lipinski definition) is 0. The van der Waals surface area contributed by atoms with Crippen LogP contribution in [0.5, 0.6) is 11.5 Å². The minimum Gasteiger partial charge on any atom is -0.493 e. The third-order valence-electron chi connectivity index (χ3n) is 3.08. The van der Waals surface area contributed by atoms with Crippen LogP contribution in [0.15, 0.2) is 47.6 Å². The standard InChI is InChI=1S/C18H18N2O3/c1-3-22-17-9-8-16(10-18(17)21-2)12-20-23-13-15-6-4-14(11-19)5-7-15/h4-10,12H,3,13H2,1-2H3/b20-12+. The van der Waals surface area contributed by atoms with E-state index in [0.29, 0.717) is 30.3 Å². The number of methoxy groups -OCH3 is 1. The van der Waals surface area contributed by atoms with Gasteiger partial charge in [0.25, 0.3) is 0 Å². The largest absolute Gasteiger partial charge is 0.493 e. The summed E-state index contributed by atoms with van der Waals surface area (Å²) in [6.07, 6.45) is 1.61. The maximum Gasteiger partial charge on any atom is 0.161 e. The lowest BCUT2D eigenvalue weighted by molar-refractivity contribution is 0.132. The number of ether oxygens (including phenoxy) is 2. The molecule has 5 heteroatoms. The fourth-order valence-corrected chi connectivity index (χ4v) is 1.92. The van der Waals surface area contributed by atoms with Gasteiger partial charge in [-0.2, -0.15) is 5.26 Å². The van der Waals surface area contributed by atoms with Crippen LogP contribution in [0.25, 0.3) is 0 Å². The van der Waals surface area contributed by atoms with E-state index in [-0.39, 0.29) is 0 Å². The average molecular weight is 310 g/mol. The minimum atomic E-state index is 0.344. The van der Waals surface area contributed by atoms with E-state index in [2.05, 4.69) is 11.2 Å². The van der Waals surface area contributed by atoms with E-state index < -0.39 is 0 Å². The predicted molar refractivity (Wildman–Crippen MR) is 87.7 cm³/mol. The zero-order valence-electron chi connectivity index (χ0n) is 13.2. The van der Waals surface area contributed by atoms with Crippen LogP contribution in [-0.4, -0.2) is 19.9 Å². The minimum absolute atomic E-state index is 0.344. The molecule has 0 bridgehead atoms. The second-order valence-corrected chi connectivity index (χ2v) is 4.66. The molecule has 0 aliphatic carbocycles. The molecule has 0 aromatic heterocycles. The van der Waals surface area contributed by atoms with Crippen LogP contribution < -0.4 is 9.47 Å². The lowest BCUT2D eigenvalue weighted by atomic mass is 10.2. The smallest absolute Gasteiger partial charge is 0.161 e. The van der Waals surface area contributed by atoms with E-state index in [4.69, 9.17) is 19.6 Å². The van der Waals surface area contributed by atoms with Gasteiger partial charge in [-0.05, 0) is 42.8 Å². The Bertz CT molecular complexity index is 703. The van der Waals surface area contributed by atoms with Gasteiger partial charge in [-0.1, -0.05) is 17.3 Å². The number of rotatable bonds is 7. The first-order valence-electron chi connectivity index (χ1n) is 7.22. The van der Waals surface area contributed by atoms with Crippen molar-refractivity contribution >= 4 is 6.21 Å². The topological polar surface area (TPSA) is 63.8 Å². The Morgan fingerprint density at radius 2 is 1.91 bits per heavy atom. The van der Waals surface area contributed by atoms with Crippen molar-refractivity contribution in [2.75, 3.05) is 13.7 Å². The molecular formula is C18H18N2O3. The van der Waals surface area contributed by atoms with Crippen molar-refractivity contribution in [3.63, 3.8) is 0 Å². The van der Waals surface area contributed by atoms with Crippen molar-refractivity contribution in [1.82, 2.24) is 0 Å². The SMILES string of the molecule is CCOc1ccc(/C=N/OCc2ccc(C#N)cc2)cc1OC. The number of oxime groups is 1. The fourth-order valence-electron chi connectivity index (χ4n) is 1.92. The van der Waals surface area contributed by atoms with Gasteiger partial charge in [0.15, 0.2) is 11.5 Å². The molecule has 0 N–H and O–H groups in total. The summed E-state index contributed by atoms with van der Waals surface area (Å²) in [7, 11) is 1.60. The van der Waals surface area contributed by atoms with E-state index in [1.165, 1.54) is 0 Å². The van der Waals surface area contributed by atoms with Gasteiger partial charge in [0.1, 0.15) is 6.61 Å². The molecule has 0 fully saturated rings. The first-order chi connectivity index (χ1) is 11.3. The Kier molecular flexibility index (Phi) is 6.01. The molecule has 0 aliphatic rings. The predicted octanol–water partition coefficient (Wildman–Crippen LogP) is 3.52. The summed E-state index contributed by atoms with van der Waals surface area (Å²) in [6, 6.07) is 14.8. The van der Waals surface area contributed by atoms with Crippen molar-refractivity contribution in [3.8, 4) is 17.6 Å². The molecule has 0 unspecified atom stereocenters. The molecule has 118 valence electrons. The maximum absolute atomic E-state index is 8.74. The van der Waals surface area contributed by atoms with Crippen molar-refractivity contribution in [1.29, 1.82) is 5.26 Å².